The molecule has 110 valence electrons. The van der Waals surface area contributed by atoms with Crippen LogP contribution in [0.4, 0.5) is 0 Å². The van der Waals surface area contributed by atoms with E-state index in [4.69, 9.17) is 9.47 Å². The van der Waals surface area contributed by atoms with Gasteiger partial charge in [-0.3, -0.25) is 4.79 Å². The fraction of sp³-hybridized carbons (Fsp3) is 0.533. The lowest BCUT2D eigenvalue weighted by Crippen LogP contribution is -2.41. The van der Waals surface area contributed by atoms with Gasteiger partial charge in [0.1, 0.15) is 0 Å². The zero-order chi connectivity index (χ0) is 14.5. The van der Waals surface area contributed by atoms with Crippen molar-refractivity contribution in [2.75, 3.05) is 6.61 Å². The minimum absolute atomic E-state index is 0.140. The monoisotopic (exact) mass is 280 g/mol. The first kappa shape index (κ1) is 15.0. The van der Waals surface area contributed by atoms with Gasteiger partial charge < -0.3 is 19.7 Å². The van der Waals surface area contributed by atoms with Crippen LogP contribution in [-0.4, -0.2) is 35.0 Å². The Morgan fingerprint density at radius 3 is 2.60 bits per heavy atom. The maximum absolute atomic E-state index is 11.3. The summed E-state index contributed by atoms with van der Waals surface area (Å²) >= 11 is 0. The Labute approximate surface area is 118 Å². The Kier molecular flexibility index (Phi) is 5.11. The summed E-state index contributed by atoms with van der Waals surface area (Å²) in [6.45, 7) is 1.68. The molecule has 1 aliphatic rings. The number of carbonyl (C=O) groups is 1. The van der Waals surface area contributed by atoms with Crippen molar-refractivity contribution < 1.29 is 24.5 Å². The van der Waals surface area contributed by atoms with Crippen LogP contribution in [0.3, 0.4) is 0 Å². The molecule has 0 saturated carbocycles. The van der Waals surface area contributed by atoms with E-state index in [0.717, 1.165) is 5.56 Å². The van der Waals surface area contributed by atoms with Gasteiger partial charge in [0.15, 0.2) is 6.29 Å². The number of carboxylic acids is 1. The minimum atomic E-state index is -0.872. The normalized spacial score (nSPS) is 28.0. The number of hydrogen-bond donors (Lipinski definition) is 2. The summed E-state index contributed by atoms with van der Waals surface area (Å²) in [6.07, 6.45) is -0.592. The van der Waals surface area contributed by atoms with Crippen LogP contribution in [0, 0.1) is 5.92 Å². The summed E-state index contributed by atoms with van der Waals surface area (Å²) in [7, 11) is 0. The topological polar surface area (TPSA) is 76.0 Å². The highest BCUT2D eigenvalue weighted by Gasteiger charge is 2.37. The molecule has 0 radical (unpaired) electrons. The van der Waals surface area contributed by atoms with Gasteiger partial charge in [0.05, 0.1) is 24.7 Å². The van der Waals surface area contributed by atoms with Crippen LogP contribution in [0.2, 0.25) is 0 Å². The molecule has 1 fully saturated rings. The summed E-state index contributed by atoms with van der Waals surface area (Å²) < 4.78 is 11.5. The van der Waals surface area contributed by atoms with Gasteiger partial charge in [-0.15, -0.1) is 0 Å². The van der Waals surface area contributed by atoms with E-state index in [0.29, 0.717) is 12.8 Å². The van der Waals surface area contributed by atoms with Gasteiger partial charge in [-0.1, -0.05) is 37.3 Å². The van der Waals surface area contributed by atoms with Gasteiger partial charge in [-0.2, -0.15) is 0 Å². The molecule has 1 unspecified atom stereocenters. The van der Waals surface area contributed by atoms with Crippen LogP contribution < -0.4 is 0 Å². The van der Waals surface area contributed by atoms with Crippen molar-refractivity contribution in [3.05, 3.63) is 35.9 Å². The highest BCUT2D eigenvalue weighted by Crippen LogP contribution is 2.33. The molecule has 20 heavy (non-hydrogen) atoms. The van der Waals surface area contributed by atoms with E-state index in [1.807, 2.05) is 37.3 Å². The second-order valence-electron chi connectivity index (χ2n) is 4.95. The molecule has 0 bridgehead atoms. The number of rotatable bonds is 5. The second-order valence-corrected chi connectivity index (χ2v) is 4.95. The zero-order valence-electron chi connectivity index (χ0n) is 11.4. The maximum Gasteiger partial charge on any atom is 0.309 e. The number of carboxylic acid groups (broad SMARTS) is 1. The Bertz CT molecular complexity index is 433. The number of aliphatic hydroxyl groups excluding tert-OH is 1. The molecule has 5 nitrogen and oxygen atoms in total. The summed E-state index contributed by atoms with van der Waals surface area (Å²) in [5.74, 6) is -1.46. The Morgan fingerprint density at radius 2 is 2.05 bits per heavy atom. The number of benzene rings is 1. The quantitative estimate of drug-likeness (QED) is 0.862. The molecule has 1 saturated heterocycles. The van der Waals surface area contributed by atoms with Crippen LogP contribution in [0.1, 0.15) is 31.6 Å². The molecule has 4 atom stereocenters. The lowest BCUT2D eigenvalue weighted by molar-refractivity contribution is -0.263. The zero-order valence-corrected chi connectivity index (χ0v) is 11.4. The molecule has 0 aromatic heterocycles. The van der Waals surface area contributed by atoms with Crippen molar-refractivity contribution in [1.82, 2.24) is 0 Å². The average Bonchev–Trinajstić information content (AvgIpc) is 2.48. The molecule has 1 heterocycles. The van der Waals surface area contributed by atoms with Crippen LogP contribution in [0.25, 0.3) is 0 Å². The molecule has 5 heteroatoms. The van der Waals surface area contributed by atoms with Gasteiger partial charge in [0.25, 0.3) is 0 Å². The van der Waals surface area contributed by atoms with E-state index < -0.39 is 30.4 Å². The maximum atomic E-state index is 11.3. The molecule has 1 aromatic carbocycles. The van der Waals surface area contributed by atoms with Gasteiger partial charge in [0, 0.05) is 12.0 Å². The predicted octanol–water partition coefficient (Wildman–Crippen LogP) is 1.96. The van der Waals surface area contributed by atoms with E-state index in [1.54, 1.807) is 0 Å². The molecular weight excluding hydrogens is 260 g/mol. The predicted molar refractivity (Wildman–Crippen MR) is 72.0 cm³/mol. The molecule has 2 N–H and O–H groups in total. The van der Waals surface area contributed by atoms with E-state index >= 15 is 0 Å². The van der Waals surface area contributed by atoms with Crippen molar-refractivity contribution in [1.29, 1.82) is 0 Å². The standard InChI is InChI=1S/C15H20O5/c1-2-12(14(17)18)13-8-11(9-16)19-15(20-13)10-6-4-3-5-7-10/h3-7,11-13,15-16H,2,8-9H2,1H3,(H,17,18)/t11-,12?,13+,15+/m0/s1. The van der Waals surface area contributed by atoms with E-state index in [1.165, 1.54) is 0 Å². The summed E-state index contributed by atoms with van der Waals surface area (Å²) in [6, 6.07) is 9.36. The first-order chi connectivity index (χ1) is 9.65. The highest BCUT2D eigenvalue weighted by molar-refractivity contribution is 5.70. The molecule has 1 aliphatic heterocycles. The van der Waals surface area contributed by atoms with Crippen molar-refractivity contribution in [2.45, 2.75) is 38.3 Å². The lowest BCUT2D eigenvalue weighted by atomic mass is 9.94. The fourth-order valence-electron chi connectivity index (χ4n) is 2.48. The van der Waals surface area contributed by atoms with E-state index in [2.05, 4.69) is 0 Å². The molecule has 1 aromatic rings. The minimum Gasteiger partial charge on any atom is -0.481 e. The molecule has 0 spiro atoms. The molecule has 0 aliphatic carbocycles. The van der Waals surface area contributed by atoms with Crippen molar-refractivity contribution >= 4 is 5.97 Å². The van der Waals surface area contributed by atoms with Gasteiger partial charge in [0.2, 0.25) is 0 Å². The average molecular weight is 280 g/mol. The van der Waals surface area contributed by atoms with E-state index in [9.17, 15) is 15.0 Å². The smallest absolute Gasteiger partial charge is 0.309 e. The van der Waals surface area contributed by atoms with Crippen molar-refractivity contribution in [3.8, 4) is 0 Å². The molecule has 0 amide bonds. The number of hydrogen-bond acceptors (Lipinski definition) is 4. The first-order valence-corrected chi connectivity index (χ1v) is 6.85. The fourth-order valence-corrected chi connectivity index (χ4v) is 2.48. The van der Waals surface area contributed by atoms with Gasteiger partial charge >= 0.3 is 5.97 Å². The largest absolute Gasteiger partial charge is 0.481 e. The van der Waals surface area contributed by atoms with Crippen molar-refractivity contribution in [3.63, 3.8) is 0 Å². The van der Waals surface area contributed by atoms with E-state index in [-0.39, 0.29) is 6.61 Å². The van der Waals surface area contributed by atoms with Crippen LogP contribution in [0.15, 0.2) is 30.3 Å². The summed E-state index contributed by atoms with van der Waals surface area (Å²) in [4.78, 5) is 11.3. The van der Waals surface area contributed by atoms with Crippen LogP contribution >= 0.6 is 0 Å². The summed E-state index contributed by atoms with van der Waals surface area (Å²) in [5, 5.41) is 18.6. The summed E-state index contributed by atoms with van der Waals surface area (Å²) in [5.41, 5.74) is 0.830. The van der Waals surface area contributed by atoms with Gasteiger partial charge in [-0.25, -0.2) is 0 Å². The van der Waals surface area contributed by atoms with Crippen LogP contribution in [0.5, 0.6) is 0 Å². The molecule has 2 rings (SSSR count). The van der Waals surface area contributed by atoms with Gasteiger partial charge in [-0.05, 0) is 6.42 Å². The highest BCUT2D eigenvalue weighted by atomic mass is 16.7. The SMILES string of the molecule is CCC(C(=O)O)[C@H]1C[C@@H](CO)O[C@@H](c2ccccc2)O1. The Morgan fingerprint density at radius 1 is 1.35 bits per heavy atom. The third-order valence-electron chi connectivity index (χ3n) is 3.59. The molecular formula is C15H20O5. The number of aliphatic carboxylic acids is 1. The van der Waals surface area contributed by atoms with Crippen LogP contribution in [-0.2, 0) is 14.3 Å². The third-order valence-corrected chi connectivity index (χ3v) is 3.59. The first-order valence-electron chi connectivity index (χ1n) is 6.85. The number of aliphatic hydroxyl groups is 1. The Balaban J connectivity index is 2.17. The third kappa shape index (κ3) is 3.36. The van der Waals surface area contributed by atoms with Crippen molar-refractivity contribution in [2.24, 2.45) is 5.92 Å². The second kappa shape index (κ2) is 6.83. The lowest BCUT2D eigenvalue weighted by Gasteiger charge is -2.37. The Hall–Kier alpha value is -1.43. The number of ether oxygens (including phenoxy) is 2.